The highest BCUT2D eigenvalue weighted by molar-refractivity contribution is 6.11. The molecule has 1 aliphatic rings. The van der Waals surface area contributed by atoms with E-state index < -0.39 is 0 Å². The largest absolute Gasteiger partial charge is 0.216 e. The Morgan fingerprint density at radius 2 is 1.38 bits per heavy atom. The van der Waals surface area contributed by atoms with Crippen molar-refractivity contribution in [2.45, 2.75) is 43.3 Å². The molecule has 0 aliphatic heterocycles. The third-order valence-corrected chi connectivity index (χ3v) is 3.30. The molecule has 0 radical (unpaired) electrons. The molecule has 0 aromatic heterocycles. The van der Waals surface area contributed by atoms with Crippen molar-refractivity contribution in [2.75, 3.05) is 0 Å². The summed E-state index contributed by atoms with van der Waals surface area (Å²) in [5, 5.41) is 0. The van der Waals surface area contributed by atoms with E-state index in [1.807, 2.05) is 0 Å². The van der Waals surface area contributed by atoms with Crippen LogP contribution in [0.1, 0.15) is 38.5 Å². The van der Waals surface area contributed by atoms with Crippen molar-refractivity contribution < 1.29 is 0 Å². The summed E-state index contributed by atoms with van der Waals surface area (Å²) in [6, 6.07) is 0. The van der Waals surface area contributed by atoms with Crippen LogP contribution in [-0.4, -0.2) is 16.3 Å². The Hall–Kier alpha value is 0.532. The van der Waals surface area contributed by atoms with Crippen molar-refractivity contribution in [3.63, 3.8) is 0 Å². The van der Waals surface area contributed by atoms with E-state index in [1.54, 1.807) is 12.8 Å². The lowest BCUT2D eigenvalue weighted by atomic mass is 10.2. The molecule has 8 heavy (non-hydrogen) atoms. The topological polar surface area (TPSA) is 0 Å². The fourth-order valence-corrected chi connectivity index (χ4v) is 2.30. The first-order valence-electron chi connectivity index (χ1n) is 3.89. The summed E-state index contributed by atoms with van der Waals surface area (Å²) in [6.45, 7) is 0. The van der Waals surface area contributed by atoms with Gasteiger partial charge in [-0.3, -0.25) is 0 Å². The zero-order chi connectivity index (χ0) is 5.82. The fourth-order valence-electron chi connectivity index (χ4n) is 1.48. The molecule has 1 rings (SSSR count). The van der Waals surface area contributed by atoms with Gasteiger partial charge in [0.15, 0.2) is 0 Å². The molecule has 0 atom stereocenters. The molecule has 0 heterocycles. The molecule has 0 nitrogen and oxygen atoms in total. The molecule has 0 amide bonds. The van der Waals surface area contributed by atoms with E-state index in [0.717, 1.165) is 4.78 Å². The maximum Gasteiger partial charge on any atom is 0.216 e. The lowest BCUT2D eigenvalue weighted by Crippen LogP contribution is -1.87. The lowest BCUT2D eigenvalue weighted by molar-refractivity contribution is 0.700. The highest BCUT2D eigenvalue weighted by atomic mass is 27.0. The van der Waals surface area contributed by atoms with Gasteiger partial charge < -0.3 is 0 Å². The van der Waals surface area contributed by atoms with Gasteiger partial charge in [-0.1, -0.05) is 43.3 Å². The molecule has 0 spiro atoms. The van der Waals surface area contributed by atoms with Crippen molar-refractivity contribution in [3.05, 3.63) is 0 Å². The van der Waals surface area contributed by atoms with Crippen LogP contribution in [-0.2, 0) is 0 Å². The van der Waals surface area contributed by atoms with E-state index in [9.17, 15) is 0 Å². The average Bonchev–Trinajstić information content (AvgIpc) is 1.94. The molecule has 0 aromatic rings. The third-order valence-electron chi connectivity index (χ3n) is 2.14. The van der Waals surface area contributed by atoms with Gasteiger partial charge in [0.25, 0.3) is 0 Å². The van der Waals surface area contributed by atoms with E-state index in [-0.39, 0.29) is 0 Å². The summed E-state index contributed by atoms with van der Waals surface area (Å²) in [7, 11) is 0. The van der Waals surface area contributed by atoms with Crippen LogP contribution < -0.4 is 0 Å². The van der Waals surface area contributed by atoms with Crippen molar-refractivity contribution in [1.82, 2.24) is 0 Å². The Balaban J connectivity index is 2.17. The normalized spacial score (nSPS) is 25.0. The molecule has 1 aliphatic carbocycles. The summed E-state index contributed by atoms with van der Waals surface area (Å²) in [4.78, 5) is 0. The lowest BCUT2D eigenvalue weighted by Gasteiger charge is -2.02. The van der Waals surface area contributed by atoms with Gasteiger partial charge in [0.2, 0.25) is 16.3 Å². The standard InChI is InChI=1S/C7H13.Al.2H/c1-2-4-6-7-5-3-1;;;/h1H,2-7H2;;;. The Morgan fingerprint density at radius 1 is 0.875 bits per heavy atom. The fraction of sp³-hybridized carbons (Fsp3) is 1.00. The Kier molecular flexibility index (Phi) is 2.94. The van der Waals surface area contributed by atoms with Gasteiger partial charge in [-0.05, 0) is 0 Å². The minimum atomic E-state index is 1.16. The van der Waals surface area contributed by atoms with Crippen molar-refractivity contribution in [2.24, 2.45) is 0 Å². The first kappa shape index (κ1) is 6.65. The second-order valence-corrected chi connectivity index (χ2v) is 4.73. The van der Waals surface area contributed by atoms with E-state index >= 15 is 0 Å². The maximum atomic E-state index is 1.55. The smallest absolute Gasteiger partial charge is 0.0901 e. The summed E-state index contributed by atoms with van der Waals surface area (Å²) < 4.78 is 1.16. The Labute approximate surface area is 60.1 Å². The second kappa shape index (κ2) is 3.54. The highest BCUT2D eigenvalue weighted by Gasteiger charge is 2.05. The van der Waals surface area contributed by atoms with Crippen molar-refractivity contribution in [1.29, 1.82) is 0 Å². The minimum Gasteiger partial charge on any atom is -0.0901 e. The van der Waals surface area contributed by atoms with Crippen LogP contribution in [0.25, 0.3) is 0 Å². The van der Waals surface area contributed by atoms with Gasteiger partial charge in [-0.15, -0.1) is 0 Å². The summed E-state index contributed by atoms with van der Waals surface area (Å²) in [5.41, 5.74) is 0. The molecule has 1 saturated carbocycles. The molecule has 1 fully saturated rings. The van der Waals surface area contributed by atoms with Crippen LogP contribution >= 0.6 is 0 Å². The van der Waals surface area contributed by atoms with Gasteiger partial charge in [-0.25, -0.2) is 0 Å². The van der Waals surface area contributed by atoms with Crippen molar-refractivity contribution in [3.8, 4) is 0 Å². The predicted octanol–water partition coefficient (Wildman–Crippen LogP) is 1.76. The monoisotopic (exact) mass is 126 g/mol. The third kappa shape index (κ3) is 2.20. The SMILES string of the molecule is [AlH2][CH]1CCCCCC1. The number of hydrogen-bond donors (Lipinski definition) is 0. The van der Waals surface area contributed by atoms with Gasteiger partial charge in [0.05, 0.1) is 0 Å². The van der Waals surface area contributed by atoms with Crippen LogP contribution in [0, 0.1) is 0 Å². The molecule has 0 bridgehead atoms. The minimum absolute atomic E-state index is 1.16. The first-order valence-corrected chi connectivity index (χ1v) is 5.05. The van der Waals surface area contributed by atoms with E-state index in [1.165, 1.54) is 42.0 Å². The second-order valence-electron chi connectivity index (χ2n) is 3.10. The highest BCUT2D eigenvalue weighted by Crippen LogP contribution is 2.23. The van der Waals surface area contributed by atoms with E-state index in [4.69, 9.17) is 0 Å². The van der Waals surface area contributed by atoms with Gasteiger partial charge in [0, 0.05) is 0 Å². The van der Waals surface area contributed by atoms with Crippen LogP contribution in [0.15, 0.2) is 0 Å². The Morgan fingerprint density at radius 3 is 1.88 bits per heavy atom. The summed E-state index contributed by atoms with van der Waals surface area (Å²) in [5.74, 6) is 0. The summed E-state index contributed by atoms with van der Waals surface area (Å²) >= 11 is 1.45. The van der Waals surface area contributed by atoms with Gasteiger partial charge in [-0.2, -0.15) is 0 Å². The van der Waals surface area contributed by atoms with Crippen molar-refractivity contribution >= 4 is 16.3 Å². The summed E-state index contributed by atoms with van der Waals surface area (Å²) in [6.07, 6.45) is 9.16. The van der Waals surface area contributed by atoms with Crippen LogP contribution in [0.3, 0.4) is 0 Å². The number of rotatable bonds is 0. The molecular formula is C7H15Al. The quantitative estimate of drug-likeness (QED) is 0.343. The molecule has 0 N–H and O–H groups in total. The van der Waals surface area contributed by atoms with Crippen LogP contribution in [0.2, 0.25) is 4.78 Å². The molecule has 0 aromatic carbocycles. The zero-order valence-corrected chi connectivity index (χ0v) is 7.82. The van der Waals surface area contributed by atoms with E-state index in [0.29, 0.717) is 0 Å². The molecule has 0 unspecified atom stereocenters. The predicted molar refractivity (Wildman–Crippen MR) is 40.0 cm³/mol. The van der Waals surface area contributed by atoms with Gasteiger partial charge in [0.1, 0.15) is 0 Å². The zero-order valence-electron chi connectivity index (χ0n) is 5.82. The first-order chi connectivity index (χ1) is 3.89. The van der Waals surface area contributed by atoms with Crippen LogP contribution in [0.5, 0.6) is 0 Å². The maximum absolute atomic E-state index is 1.55. The molecule has 1 heteroatoms. The Bertz CT molecular complexity index is 53.4. The van der Waals surface area contributed by atoms with Crippen LogP contribution in [0.4, 0.5) is 0 Å². The average molecular weight is 126 g/mol. The number of hydrogen-bond acceptors (Lipinski definition) is 0. The molecule has 0 saturated heterocycles. The van der Waals surface area contributed by atoms with Gasteiger partial charge >= 0.3 is 0 Å². The molecular weight excluding hydrogens is 111 g/mol. The molecule has 46 valence electrons. The van der Waals surface area contributed by atoms with E-state index in [2.05, 4.69) is 0 Å².